The van der Waals surface area contributed by atoms with E-state index in [-0.39, 0.29) is 11.3 Å². The number of fused-ring (bicyclic) bond motifs is 5. The molecule has 1 heterocycles. The van der Waals surface area contributed by atoms with E-state index in [9.17, 15) is 10.1 Å². The predicted molar refractivity (Wildman–Crippen MR) is 121 cm³/mol. The second-order valence-electron chi connectivity index (χ2n) is 12.0. The monoisotopic (exact) mass is 421 g/mol. The lowest BCUT2D eigenvalue weighted by molar-refractivity contribution is -0.132. The summed E-state index contributed by atoms with van der Waals surface area (Å²) in [5.41, 5.74) is 1.54. The number of aromatic nitrogens is 2. The lowest BCUT2D eigenvalue weighted by Crippen LogP contribution is -2.49. The van der Waals surface area contributed by atoms with Crippen LogP contribution in [0.4, 0.5) is 0 Å². The first-order valence-electron chi connectivity index (χ1n) is 12.8. The zero-order valence-corrected chi connectivity index (χ0v) is 19.8. The number of carbonyl (C=O) groups is 1. The lowest BCUT2D eigenvalue weighted by Gasteiger charge is -2.56. The van der Waals surface area contributed by atoms with Gasteiger partial charge in [-0.1, -0.05) is 27.2 Å². The van der Waals surface area contributed by atoms with E-state index in [2.05, 4.69) is 31.9 Å². The fourth-order valence-corrected chi connectivity index (χ4v) is 9.10. The molecule has 168 valence electrons. The third-order valence-electron chi connectivity index (χ3n) is 10.4. The Labute approximate surface area is 187 Å². The van der Waals surface area contributed by atoms with Crippen LogP contribution in [0, 0.1) is 71.0 Å². The first kappa shape index (κ1) is 21.2. The van der Waals surface area contributed by atoms with Gasteiger partial charge >= 0.3 is 0 Å². The number of carbonyl (C=O) groups excluding carboxylic acids is 1. The molecule has 1 aromatic heterocycles. The smallest absolute Gasteiger partial charge is 0.158 e. The standard InChI is InChI=1S/C27H39N3O/c1-16-5-7-21-19(11-16)6-8-23-22(21)9-10-27(4)24(23)12-17(2)26(27)25(31)15-30-18(3)20(13-28)14-29-30/h14,16-17,19,21-24,26H,5-12,15H2,1-4H3. The first-order valence-corrected chi connectivity index (χ1v) is 12.8. The van der Waals surface area contributed by atoms with Gasteiger partial charge in [0.15, 0.2) is 5.78 Å². The molecule has 9 unspecified atom stereocenters. The van der Waals surface area contributed by atoms with Crippen molar-refractivity contribution in [2.24, 2.45) is 52.8 Å². The highest BCUT2D eigenvalue weighted by molar-refractivity contribution is 5.82. The lowest BCUT2D eigenvalue weighted by atomic mass is 9.49. The molecule has 0 spiro atoms. The van der Waals surface area contributed by atoms with Crippen molar-refractivity contribution in [1.29, 1.82) is 5.26 Å². The average molecular weight is 422 g/mol. The summed E-state index contributed by atoms with van der Waals surface area (Å²) in [6.45, 7) is 9.45. The summed E-state index contributed by atoms with van der Waals surface area (Å²) in [6.07, 6.45) is 12.6. The first-order chi connectivity index (χ1) is 14.8. The van der Waals surface area contributed by atoms with Crippen LogP contribution in [0.25, 0.3) is 0 Å². The topological polar surface area (TPSA) is 58.7 Å². The summed E-state index contributed by atoms with van der Waals surface area (Å²) < 4.78 is 1.75. The minimum atomic E-state index is 0.136. The Bertz CT molecular complexity index is 897. The van der Waals surface area contributed by atoms with Crippen molar-refractivity contribution in [1.82, 2.24) is 9.78 Å². The Hall–Kier alpha value is -1.63. The van der Waals surface area contributed by atoms with Crippen LogP contribution in [-0.4, -0.2) is 15.6 Å². The normalized spacial score (nSPS) is 44.1. The number of Topliss-reactive ketones (excluding diaryl/α,β-unsaturated/α-hetero) is 1. The second-order valence-corrected chi connectivity index (χ2v) is 12.0. The maximum atomic E-state index is 13.6. The van der Waals surface area contributed by atoms with Crippen molar-refractivity contribution >= 4 is 5.78 Å². The van der Waals surface area contributed by atoms with E-state index in [1.165, 1.54) is 51.4 Å². The van der Waals surface area contributed by atoms with Crippen LogP contribution < -0.4 is 0 Å². The molecule has 4 heteroatoms. The number of hydrogen-bond acceptors (Lipinski definition) is 3. The molecule has 9 atom stereocenters. The summed E-state index contributed by atoms with van der Waals surface area (Å²) in [6, 6.07) is 2.18. The van der Waals surface area contributed by atoms with E-state index >= 15 is 0 Å². The van der Waals surface area contributed by atoms with Gasteiger partial charge in [-0.15, -0.1) is 0 Å². The third-order valence-corrected chi connectivity index (χ3v) is 10.4. The van der Waals surface area contributed by atoms with Gasteiger partial charge in [-0.25, -0.2) is 0 Å². The summed E-state index contributed by atoms with van der Waals surface area (Å²) in [4.78, 5) is 13.6. The molecule has 4 aliphatic rings. The second kappa shape index (κ2) is 7.75. The molecule has 0 aromatic carbocycles. The maximum Gasteiger partial charge on any atom is 0.158 e. The average Bonchev–Trinajstić information content (AvgIpc) is 3.22. The minimum Gasteiger partial charge on any atom is -0.297 e. The highest BCUT2D eigenvalue weighted by Gasteiger charge is 2.60. The highest BCUT2D eigenvalue weighted by Crippen LogP contribution is 2.65. The fourth-order valence-electron chi connectivity index (χ4n) is 9.10. The van der Waals surface area contributed by atoms with Gasteiger partial charge in [0.2, 0.25) is 0 Å². The Morgan fingerprint density at radius 1 is 1.16 bits per heavy atom. The Kier molecular flexibility index (Phi) is 5.31. The van der Waals surface area contributed by atoms with Crippen LogP contribution in [0.3, 0.4) is 0 Å². The van der Waals surface area contributed by atoms with E-state index in [0.717, 1.165) is 35.3 Å². The predicted octanol–water partition coefficient (Wildman–Crippen LogP) is 5.78. The van der Waals surface area contributed by atoms with Gasteiger partial charge < -0.3 is 0 Å². The van der Waals surface area contributed by atoms with E-state index < -0.39 is 0 Å². The zero-order chi connectivity index (χ0) is 21.9. The molecular weight excluding hydrogens is 382 g/mol. The molecule has 4 saturated carbocycles. The number of nitriles is 1. The van der Waals surface area contributed by atoms with E-state index in [1.807, 2.05) is 6.92 Å². The Balaban J connectivity index is 1.36. The van der Waals surface area contributed by atoms with Gasteiger partial charge in [-0.3, -0.25) is 9.48 Å². The van der Waals surface area contributed by atoms with Crippen molar-refractivity contribution in [3.63, 3.8) is 0 Å². The third kappa shape index (κ3) is 3.30. The molecule has 31 heavy (non-hydrogen) atoms. The summed E-state index contributed by atoms with van der Waals surface area (Å²) >= 11 is 0. The molecule has 0 radical (unpaired) electrons. The molecule has 4 nitrogen and oxygen atoms in total. The molecule has 4 fully saturated rings. The SMILES string of the molecule is Cc1c(C#N)cnn1CC(=O)C1C(C)CC2C3CCC4CC(C)CCC4C3CCC21C. The van der Waals surface area contributed by atoms with Gasteiger partial charge in [-0.05, 0) is 98.7 Å². The molecule has 0 saturated heterocycles. The largest absolute Gasteiger partial charge is 0.297 e. The molecule has 0 amide bonds. The van der Waals surface area contributed by atoms with Crippen molar-refractivity contribution in [3.05, 3.63) is 17.5 Å². The Morgan fingerprint density at radius 2 is 1.94 bits per heavy atom. The van der Waals surface area contributed by atoms with Crippen molar-refractivity contribution < 1.29 is 4.79 Å². The number of hydrogen-bond donors (Lipinski definition) is 0. The van der Waals surface area contributed by atoms with E-state index in [1.54, 1.807) is 10.9 Å². The van der Waals surface area contributed by atoms with Crippen molar-refractivity contribution in [2.45, 2.75) is 85.6 Å². The van der Waals surface area contributed by atoms with Crippen LogP contribution in [0.5, 0.6) is 0 Å². The van der Waals surface area contributed by atoms with Gasteiger partial charge in [0.25, 0.3) is 0 Å². The van der Waals surface area contributed by atoms with E-state index in [4.69, 9.17) is 0 Å². The molecule has 4 aliphatic carbocycles. The summed E-state index contributed by atoms with van der Waals surface area (Å²) in [5.74, 6) is 6.25. The fraction of sp³-hybridized carbons (Fsp3) is 0.815. The van der Waals surface area contributed by atoms with E-state index in [0.29, 0.717) is 29.7 Å². The molecule has 0 aliphatic heterocycles. The van der Waals surface area contributed by atoms with Gasteiger partial charge in [0, 0.05) is 5.92 Å². The molecular formula is C27H39N3O. The molecule has 5 rings (SSSR count). The van der Waals surface area contributed by atoms with Crippen LogP contribution in [0.2, 0.25) is 0 Å². The van der Waals surface area contributed by atoms with Gasteiger partial charge in [0.1, 0.15) is 12.6 Å². The van der Waals surface area contributed by atoms with Crippen LogP contribution in [0.15, 0.2) is 6.20 Å². The number of nitrogens with zero attached hydrogens (tertiary/aromatic N) is 3. The van der Waals surface area contributed by atoms with Crippen molar-refractivity contribution in [3.8, 4) is 6.07 Å². The van der Waals surface area contributed by atoms with Crippen LogP contribution >= 0.6 is 0 Å². The molecule has 0 bridgehead atoms. The molecule has 0 N–H and O–H groups in total. The summed E-state index contributed by atoms with van der Waals surface area (Å²) in [7, 11) is 0. The maximum absolute atomic E-state index is 13.6. The van der Waals surface area contributed by atoms with Crippen LogP contribution in [0.1, 0.15) is 83.4 Å². The molecule has 1 aromatic rings. The number of ketones is 1. The summed E-state index contributed by atoms with van der Waals surface area (Å²) in [5, 5.41) is 13.6. The van der Waals surface area contributed by atoms with Gasteiger partial charge in [-0.2, -0.15) is 10.4 Å². The van der Waals surface area contributed by atoms with Crippen molar-refractivity contribution in [2.75, 3.05) is 0 Å². The van der Waals surface area contributed by atoms with Gasteiger partial charge in [0.05, 0.1) is 17.5 Å². The highest BCUT2D eigenvalue weighted by atomic mass is 16.1. The zero-order valence-electron chi connectivity index (χ0n) is 19.8. The minimum absolute atomic E-state index is 0.136. The Morgan fingerprint density at radius 3 is 2.68 bits per heavy atom. The van der Waals surface area contributed by atoms with Crippen LogP contribution in [-0.2, 0) is 11.3 Å². The number of rotatable bonds is 3. The quantitative estimate of drug-likeness (QED) is 0.621.